The third kappa shape index (κ3) is 4.65. The number of hydrogen-bond acceptors (Lipinski definition) is 3. The maximum absolute atomic E-state index is 11.4. The largest absolute Gasteiger partial charge is 0.472 e. The van der Waals surface area contributed by atoms with Gasteiger partial charge in [-0.05, 0) is 19.5 Å². The minimum absolute atomic E-state index is 0.0599. The van der Waals surface area contributed by atoms with Crippen molar-refractivity contribution in [1.29, 1.82) is 0 Å². The highest BCUT2D eigenvalue weighted by atomic mass is 16.3. The molecule has 84 valence electrons. The molecule has 0 aliphatic rings. The van der Waals surface area contributed by atoms with Crippen molar-refractivity contribution in [2.24, 2.45) is 0 Å². The average molecular weight is 210 g/mol. The predicted octanol–water partition coefficient (Wildman–Crippen LogP) is 1.28. The van der Waals surface area contributed by atoms with Crippen LogP contribution in [0.15, 0.2) is 23.0 Å². The fraction of sp³-hybridized carbons (Fsp3) is 0.545. The van der Waals surface area contributed by atoms with E-state index < -0.39 is 0 Å². The van der Waals surface area contributed by atoms with Gasteiger partial charge < -0.3 is 15.1 Å². The summed E-state index contributed by atoms with van der Waals surface area (Å²) in [6, 6.07) is 2.06. The maximum Gasteiger partial charge on any atom is 0.221 e. The van der Waals surface area contributed by atoms with Crippen molar-refractivity contribution in [3.8, 4) is 0 Å². The molecule has 1 aromatic rings. The molecule has 1 atom stereocenters. The molecule has 0 aliphatic heterocycles. The highest BCUT2D eigenvalue weighted by molar-refractivity contribution is 5.76. The molecule has 1 amide bonds. The number of amides is 1. The van der Waals surface area contributed by atoms with Crippen LogP contribution in [-0.2, 0) is 11.3 Å². The second kappa shape index (κ2) is 6.24. The van der Waals surface area contributed by atoms with Gasteiger partial charge in [0.15, 0.2) is 0 Å². The van der Waals surface area contributed by atoms with Gasteiger partial charge in [0.2, 0.25) is 5.91 Å². The summed E-state index contributed by atoms with van der Waals surface area (Å²) >= 11 is 0. The van der Waals surface area contributed by atoms with Gasteiger partial charge in [0, 0.05) is 24.6 Å². The third-order valence-electron chi connectivity index (χ3n) is 2.11. The van der Waals surface area contributed by atoms with Gasteiger partial charge in [-0.15, -0.1) is 0 Å². The number of carbonyl (C=O) groups is 1. The molecule has 4 nitrogen and oxygen atoms in total. The summed E-state index contributed by atoms with van der Waals surface area (Å²) in [5.74, 6) is 0.0599. The summed E-state index contributed by atoms with van der Waals surface area (Å²) in [4.78, 5) is 11.4. The van der Waals surface area contributed by atoms with Crippen LogP contribution in [0, 0.1) is 0 Å². The molecular weight excluding hydrogens is 192 g/mol. The summed E-state index contributed by atoms with van der Waals surface area (Å²) < 4.78 is 4.90. The number of nitrogens with one attached hydrogen (secondary N) is 2. The van der Waals surface area contributed by atoms with Gasteiger partial charge >= 0.3 is 0 Å². The maximum atomic E-state index is 11.4. The summed E-state index contributed by atoms with van der Waals surface area (Å²) in [5, 5.41) is 6.03. The standard InChI is InChI=1S/C11H18N2O2/c1-3-12-9(2)6-11(14)13-7-10-4-5-15-8-10/h4-5,8-9,12H,3,6-7H2,1-2H3,(H,13,14). The third-order valence-corrected chi connectivity index (χ3v) is 2.11. The summed E-state index contributed by atoms with van der Waals surface area (Å²) in [5.41, 5.74) is 0.986. The molecular formula is C11H18N2O2. The molecule has 0 bridgehead atoms. The van der Waals surface area contributed by atoms with Crippen LogP contribution < -0.4 is 10.6 Å². The lowest BCUT2D eigenvalue weighted by Crippen LogP contribution is -2.33. The highest BCUT2D eigenvalue weighted by Crippen LogP contribution is 1.99. The molecule has 0 saturated carbocycles. The molecule has 2 N–H and O–H groups in total. The second-order valence-corrected chi connectivity index (χ2v) is 3.57. The molecule has 0 aliphatic carbocycles. The Kier molecular flexibility index (Phi) is 4.90. The Morgan fingerprint density at radius 2 is 2.40 bits per heavy atom. The Labute approximate surface area is 90.0 Å². The minimum atomic E-state index is 0.0599. The van der Waals surface area contributed by atoms with E-state index in [2.05, 4.69) is 10.6 Å². The SMILES string of the molecule is CCNC(C)CC(=O)NCc1ccoc1. The number of rotatable bonds is 6. The second-order valence-electron chi connectivity index (χ2n) is 3.57. The van der Waals surface area contributed by atoms with E-state index in [1.54, 1.807) is 12.5 Å². The van der Waals surface area contributed by atoms with Crippen molar-refractivity contribution < 1.29 is 9.21 Å². The number of carbonyl (C=O) groups excluding carboxylic acids is 1. The lowest BCUT2D eigenvalue weighted by Gasteiger charge is -2.11. The van der Waals surface area contributed by atoms with E-state index in [9.17, 15) is 4.79 Å². The first-order chi connectivity index (χ1) is 7.22. The van der Waals surface area contributed by atoms with Gasteiger partial charge in [-0.25, -0.2) is 0 Å². The van der Waals surface area contributed by atoms with Crippen LogP contribution >= 0.6 is 0 Å². The first kappa shape index (κ1) is 11.8. The van der Waals surface area contributed by atoms with Gasteiger partial charge in [0.05, 0.1) is 12.5 Å². The molecule has 15 heavy (non-hydrogen) atoms. The summed E-state index contributed by atoms with van der Waals surface area (Å²) in [6.07, 6.45) is 3.74. The first-order valence-electron chi connectivity index (χ1n) is 5.23. The Bertz CT molecular complexity index is 283. The molecule has 1 aromatic heterocycles. The van der Waals surface area contributed by atoms with E-state index >= 15 is 0 Å². The molecule has 0 saturated heterocycles. The molecule has 1 heterocycles. The van der Waals surface area contributed by atoms with Crippen molar-refractivity contribution >= 4 is 5.91 Å². The molecule has 1 rings (SSSR count). The zero-order valence-electron chi connectivity index (χ0n) is 9.25. The summed E-state index contributed by atoms with van der Waals surface area (Å²) in [7, 11) is 0. The van der Waals surface area contributed by atoms with Crippen LogP contribution in [0.4, 0.5) is 0 Å². The van der Waals surface area contributed by atoms with Crippen LogP contribution in [0.3, 0.4) is 0 Å². The first-order valence-corrected chi connectivity index (χ1v) is 5.23. The Morgan fingerprint density at radius 3 is 3.00 bits per heavy atom. The highest BCUT2D eigenvalue weighted by Gasteiger charge is 2.07. The van der Waals surface area contributed by atoms with Crippen molar-refractivity contribution in [3.05, 3.63) is 24.2 Å². The van der Waals surface area contributed by atoms with E-state index in [1.807, 2.05) is 19.9 Å². The molecule has 0 fully saturated rings. The smallest absolute Gasteiger partial charge is 0.221 e. The lowest BCUT2D eigenvalue weighted by atomic mass is 10.2. The average Bonchev–Trinajstić information content (AvgIpc) is 2.67. The van der Waals surface area contributed by atoms with Crippen LogP contribution in [0.25, 0.3) is 0 Å². The monoisotopic (exact) mass is 210 g/mol. The van der Waals surface area contributed by atoms with E-state index in [0.29, 0.717) is 13.0 Å². The summed E-state index contributed by atoms with van der Waals surface area (Å²) in [6.45, 7) is 5.45. The Hall–Kier alpha value is -1.29. The van der Waals surface area contributed by atoms with Gasteiger partial charge in [-0.2, -0.15) is 0 Å². The molecule has 4 heteroatoms. The van der Waals surface area contributed by atoms with E-state index in [-0.39, 0.29) is 11.9 Å². The normalized spacial score (nSPS) is 12.4. The predicted molar refractivity (Wildman–Crippen MR) is 58.3 cm³/mol. The Balaban J connectivity index is 2.19. The fourth-order valence-electron chi connectivity index (χ4n) is 1.36. The molecule has 0 spiro atoms. The van der Waals surface area contributed by atoms with E-state index in [4.69, 9.17) is 4.42 Å². The van der Waals surface area contributed by atoms with Crippen LogP contribution in [0.5, 0.6) is 0 Å². The van der Waals surface area contributed by atoms with Crippen molar-refractivity contribution in [2.45, 2.75) is 32.9 Å². The number of furan rings is 1. The van der Waals surface area contributed by atoms with Crippen LogP contribution in [-0.4, -0.2) is 18.5 Å². The Morgan fingerprint density at radius 1 is 1.60 bits per heavy atom. The zero-order chi connectivity index (χ0) is 11.1. The van der Waals surface area contributed by atoms with Gasteiger partial charge in [0.25, 0.3) is 0 Å². The van der Waals surface area contributed by atoms with Gasteiger partial charge in [0.1, 0.15) is 0 Å². The molecule has 0 aromatic carbocycles. The zero-order valence-corrected chi connectivity index (χ0v) is 9.25. The van der Waals surface area contributed by atoms with Crippen molar-refractivity contribution in [3.63, 3.8) is 0 Å². The van der Waals surface area contributed by atoms with Crippen molar-refractivity contribution in [2.75, 3.05) is 6.54 Å². The van der Waals surface area contributed by atoms with E-state index in [0.717, 1.165) is 12.1 Å². The number of hydrogen-bond donors (Lipinski definition) is 2. The van der Waals surface area contributed by atoms with Crippen molar-refractivity contribution in [1.82, 2.24) is 10.6 Å². The van der Waals surface area contributed by atoms with Crippen LogP contribution in [0.1, 0.15) is 25.8 Å². The van der Waals surface area contributed by atoms with E-state index in [1.165, 1.54) is 0 Å². The fourth-order valence-corrected chi connectivity index (χ4v) is 1.36. The molecule has 0 radical (unpaired) electrons. The quantitative estimate of drug-likeness (QED) is 0.743. The van der Waals surface area contributed by atoms with Gasteiger partial charge in [-0.1, -0.05) is 6.92 Å². The topological polar surface area (TPSA) is 54.3 Å². The van der Waals surface area contributed by atoms with Gasteiger partial charge in [-0.3, -0.25) is 4.79 Å². The van der Waals surface area contributed by atoms with Crippen LogP contribution in [0.2, 0.25) is 0 Å². The molecule has 1 unspecified atom stereocenters. The lowest BCUT2D eigenvalue weighted by molar-refractivity contribution is -0.121. The minimum Gasteiger partial charge on any atom is -0.472 e.